The van der Waals surface area contributed by atoms with Crippen molar-refractivity contribution in [2.45, 2.75) is 50.0 Å². The zero-order valence-corrected chi connectivity index (χ0v) is 12.7. The number of fused-ring (bicyclic) bond motifs is 1. The quantitative estimate of drug-likeness (QED) is 0.741. The van der Waals surface area contributed by atoms with Gasteiger partial charge in [-0.25, -0.2) is 0 Å². The van der Waals surface area contributed by atoms with Gasteiger partial charge in [-0.2, -0.15) is 0 Å². The molecule has 0 radical (unpaired) electrons. The molecule has 0 aromatic heterocycles. The van der Waals surface area contributed by atoms with Crippen LogP contribution >= 0.6 is 0 Å². The Balaban J connectivity index is 0.000000298. The van der Waals surface area contributed by atoms with Crippen LogP contribution in [0.5, 0.6) is 0 Å². The molecule has 21 heavy (non-hydrogen) atoms. The van der Waals surface area contributed by atoms with Crippen LogP contribution in [0.4, 0.5) is 0 Å². The van der Waals surface area contributed by atoms with Crippen LogP contribution < -0.4 is 5.32 Å². The summed E-state index contributed by atoms with van der Waals surface area (Å²) in [6.45, 7) is 0.982. The molecule has 1 aliphatic heterocycles. The van der Waals surface area contributed by atoms with Gasteiger partial charge in [0.1, 0.15) is 0 Å². The van der Waals surface area contributed by atoms with Gasteiger partial charge in [0, 0.05) is 11.5 Å². The van der Waals surface area contributed by atoms with E-state index in [1.807, 2.05) is 0 Å². The molecule has 2 bridgehead atoms. The molecule has 1 aromatic rings. The topological polar surface area (TPSA) is 52.5 Å². The lowest BCUT2D eigenvalue weighted by Gasteiger charge is -2.56. The van der Waals surface area contributed by atoms with Crippen LogP contribution in [0.15, 0.2) is 24.3 Å². The minimum atomic E-state index is -0.125. The van der Waals surface area contributed by atoms with Gasteiger partial charge in [-0.15, -0.1) is 0 Å². The van der Waals surface area contributed by atoms with Crippen molar-refractivity contribution in [1.82, 2.24) is 5.32 Å². The maximum Gasteiger partial charge on any atom is 0.0662 e. The van der Waals surface area contributed by atoms with Crippen molar-refractivity contribution in [2.24, 2.45) is 5.92 Å². The zero-order chi connectivity index (χ0) is 14.7. The first-order chi connectivity index (χ1) is 10.3. The second kappa shape index (κ2) is 6.47. The van der Waals surface area contributed by atoms with E-state index >= 15 is 0 Å². The van der Waals surface area contributed by atoms with Gasteiger partial charge in [-0.05, 0) is 49.3 Å². The Bertz CT molecular complexity index is 470. The number of hydrogen-bond acceptors (Lipinski definition) is 3. The van der Waals surface area contributed by atoms with Crippen LogP contribution in [0.25, 0.3) is 0 Å². The fraction of sp³-hybridized carbons (Fsp3) is 0.667. The Labute approximate surface area is 127 Å². The van der Waals surface area contributed by atoms with Crippen LogP contribution in [-0.2, 0) is 11.8 Å². The molecule has 116 valence electrons. The minimum Gasteiger partial charge on any atom is -0.394 e. The molecule has 3 nitrogen and oxygen atoms in total. The van der Waals surface area contributed by atoms with Crippen molar-refractivity contribution in [3.63, 3.8) is 0 Å². The summed E-state index contributed by atoms with van der Waals surface area (Å²) in [5.41, 5.74) is 3.88. The monoisotopic (exact) mass is 289 g/mol. The molecular weight excluding hydrogens is 262 g/mol. The van der Waals surface area contributed by atoms with Gasteiger partial charge >= 0.3 is 0 Å². The van der Waals surface area contributed by atoms with Gasteiger partial charge in [0.25, 0.3) is 0 Å². The third kappa shape index (κ3) is 2.63. The number of piperidine rings is 1. The van der Waals surface area contributed by atoms with Crippen molar-refractivity contribution < 1.29 is 10.2 Å². The van der Waals surface area contributed by atoms with E-state index in [2.05, 4.69) is 29.6 Å². The largest absolute Gasteiger partial charge is 0.394 e. The highest BCUT2D eigenvalue weighted by molar-refractivity contribution is 5.41. The molecule has 0 amide bonds. The molecule has 1 saturated heterocycles. The number of hydrogen-bond donors (Lipinski definition) is 3. The number of aliphatic hydroxyl groups is 2. The summed E-state index contributed by atoms with van der Waals surface area (Å²) < 4.78 is 0. The highest BCUT2D eigenvalue weighted by Gasteiger charge is 2.51. The lowest BCUT2D eigenvalue weighted by atomic mass is 9.53. The first-order valence-electron chi connectivity index (χ1n) is 8.35. The Morgan fingerprint density at radius 3 is 2.71 bits per heavy atom. The molecule has 0 spiro atoms. The van der Waals surface area contributed by atoms with Gasteiger partial charge in [0.2, 0.25) is 0 Å². The summed E-state index contributed by atoms with van der Waals surface area (Å²) >= 11 is 0. The van der Waals surface area contributed by atoms with Crippen LogP contribution in [0.3, 0.4) is 0 Å². The van der Waals surface area contributed by atoms with Crippen molar-refractivity contribution in [1.29, 1.82) is 0 Å². The third-order valence-electron chi connectivity index (χ3n) is 5.65. The molecule has 4 rings (SSSR count). The predicted molar refractivity (Wildman–Crippen MR) is 84.4 cm³/mol. The average Bonchev–Trinajstić information content (AvgIpc) is 2.55. The number of nitrogens with one attached hydrogen (secondary N) is 1. The normalized spacial score (nSPS) is 33.2. The van der Waals surface area contributed by atoms with Crippen LogP contribution in [0.1, 0.15) is 43.2 Å². The summed E-state index contributed by atoms with van der Waals surface area (Å²) in [6.07, 6.45) is 8.41. The second-order valence-corrected chi connectivity index (χ2v) is 6.63. The summed E-state index contributed by atoms with van der Waals surface area (Å²) in [7, 11) is 0. The standard InChI is InChI=1S/C16H21N.C2H6O2/c1-2-6-13-12(5-1)11-15-14-7-3-4-8-16(13,14)9-10-17-15;3-1-2-4/h1-2,5-6,14-15,17H,3-4,7-11H2;3-4H,1-2H2/t14-,15+,16-;/m0./s1. The summed E-state index contributed by atoms with van der Waals surface area (Å²) in [6, 6.07) is 10.0. The molecule has 3 heteroatoms. The first-order valence-corrected chi connectivity index (χ1v) is 8.35. The Hall–Kier alpha value is -0.900. The molecule has 3 aliphatic rings. The van der Waals surface area contributed by atoms with E-state index in [0.717, 1.165) is 12.0 Å². The Morgan fingerprint density at radius 1 is 1.10 bits per heavy atom. The molecule has 1 saturated carbocycles. The summed E-state index contributed by atoms with van der Waals surface area (Å²) in [4.78, 5) is 0. The van der Waals surface area contributed by atoms with Gasteiger partial charge < -0.3 is 15.5 Å². The van der Waals surface area contributed by atoms with E-state index in [0.29, 0.717) is 5.41 Å². The lowest BCUT2D eigenvalue weighted by Crippen LogP contribution is -2.59. The Morgan fingerprint density at radius 2 is 1.90 bits per heavy atom. The fourth-order valence-electron chi connectivity index (χ4n) is 4.89. The maximum absolute atomic E-state index is 7.62. The highest BCUT2D eigenvalue weighted by Crippen LogP contribution is 2.53. The van der Waals surface area contributed by atoms with E-state index in [1.165, 1.54) is 45.1 Å². The van der Waals surface area contributed by atoms with Crippen LogP contribution in [0, 0.1) is 5.92 Å². The molecule has 3 atom stereocenters. The molecule has 2 aliphatic carbocycles. The number of rotatable bonds is 1. The lowest BCUT2D eigenvalue weighted by molar-refractivity contribution is 0.0798. The van der Waals surface area contributed by atoms with Gasteiger partial charge in [-0.1, -0.05) is 37.1 Å². The second-order valence-electron chi connectivity index (χ2n) is 6.63. The first kappa shape index (κ1) is 15.0. The molecule has 1 aromatic carbocycles. The Kier molecular flexibility index (Phi) is 4.63. The third-order valence-corrected chi connectivity index (χ3v) is 5.65. The molecule has 0 unspecified atom stereocenters. The van der Waals surface area contributed by atoms with Gasteiger partial charge in [0.15, 0.2) is 0 Å². The smallest absolute Gasteiger partial charge is 0.0662 e. The van der Waals surface area contributed by atoms with E-state index in [1.54, 1.807) is 11.1 Å². The molecule has 2 fully saturated rings. The molecule has 3 N–H and O–H groups in total. The van der Waals surface area contributed by atoms with E-state index in [4.69, 9.17) is 10.2 Å². The summed E-state index contributed by atoms with van der Waals surface area (Å²) in [5, 5.41) is 19.0. The van der Waals surface area contributed by atoms with E-state index in [-0.39, 0.29) is 13.2 Å². The maximum atomic E-state index is 7.62. The summed E-state index contributed by atoms with van der Waals surface area (Å²) in [5.74, 6) is 0.917. The SMILES string of the molecule is OCCO.c1ccc2c(c1)C[C@H]1NCC[C@@]23CCCC[C@@H]13. The van der Waals surface area contributed by atoms with Gasteiger partial charge in [0.05, 0.1) is 13.2 Å². The predicted octanol–water partition coefficient (Wildman–Crippen LogP) is 2.00. The number of benzene rings is 1. The zero-order valence-electron chi connectivity index (χ0n) is 12.7. The molecular formula is C18H27NO2. The average molecular weight is 289 g/mol. The number of aliphatic hydroxyl groups excluding tert-OH is 2. The van der Waals surface area contributed by atoms with Crippen molar-refractivity contribution in [3.8, 4) is 0 Å². The van der Waals surface area contributed by atoms with E-state index in [9.17, 15) is 0 Å². The van der Waals surface area contributed by atoms with Crippen molar-refractivity contribution in [2.75, 3.05) is 19.8 Å². The van der Waals surface area contributed by atoms with Gasteiger partial charge in [-0.3, -0.25) is 0 Å². The highest BCUT2D eigenvalue weighted by atomic mass is 16.3. The minimum absolute atomic E-state index is 0.125. The fourth-order valence-corrected chi connectivity index (χ4v) is 4.89. The van der Waals surface area contributed by atoms with E-state index < -0.39 is 0 Å². The van der Waals surface area contributed by atoms with Crippen molar-refractivity contribution >= 4 is 0 Å². The van der Waals surface area contributed by atoms with Crippen molar-refractivity contribution in [3.05, 3.63) is 35.4 Å². The molecule has 1 heterocycles. The van der Waals surface area contributed by atoms with Crippen LogP contribution in [0.2, 0.25) is 0 Å². The van der Waals surface area contributed by atoms with Crippen LogP contribution in [-0.4, -0.2) is 36.0 Å².